The number of carbonyl (C=O) groups excluding carboxylic acids is 1. The molecule has 1 aliphatic rings. The van der Waals surface area contributed by atoms with Crippen LogP contribution >= 0.6 is 0 Å². The highest BCUT2D eigenvalue weighted by molar-refractivity contribution is 5.73. The number of rotatable bonds is 6. The highest BCUT2D eigenvalue weighted by atomic mass is 19.1. The van der Waals surface area contributed by atoms with Crippen molar-refractivity contribution >= 4 is 6.03 Å². The van der Waals surface area contributed by atoms with Crippen molar-refractivity contribution in [2.45, 2.75) is 38.5 Å². The van der Waals surface area contributed by atoms with Gasteiger partial charge in [-0.25, -0.2) is 13.6 Å². The third-order valence-electron chi connectivity index (χ3n) is 4.01. The lowest BCUT2D eigenvalue weighted by Gasteiger charge is -2.11. The van der Waals surface area contributed by atoms with Gasteiger partial charge in [0.1, 0.15) is 11.6 Å². The Hall–Kier alpha value is -1.65. The minimum atomic E-state index is -0.589. The molecule has 0 saturated heterocycles. The Kier molecular flexibility index (Phi) is 5.96. The van der Waals surface area contributed by atoms with E-state index in [9.17, 15) is 13.6 Å². The summed E-state index contributed by atoms with van der Waals surface area (Å²) in [7, 11) is 0. The van der Waals surface area contributed by atoms with Crippen molar-refractivity contribution in [1.29, 1.82) is 0 Å². The Morgan fingerprint density at radius 2 is 1.86 bits per heavy atom. The standard InChI is InChI=1S/C16H22F2N2O/c17-14-6-5-13(15(18)11-14)8-10-20-16(21)19-9-7-12-3-1-2-4-12/h5-6,11-12H,1-4,7-10H2,(H2,19,20,21). The smallest absolute Gasteiger partial charge is 0.314 e. The van der Waals surface area contributed by atoms with Gasteiger partial charge in [-0.05, 0) is 30.4 Å². The number of urea groups is 1. The third-order valence-corrected chi connectivity index (χ3v) is 4.01. The first kappa shape index (κ1) is 15.7. The van der Waals surface area contributed by atoms with Crippen LogP contribution in [0.4, 0.5) is 13.6 Å². The normalized spacial score (nSPS) is 15.1. The maximum atomic E-state index is 13.4. The van der Waals surface area contributed by atoms with Gasteiger partial charge in [-0.1, -0.05) is 31.7 Å². The maximum Gasteiger partial charge on any atom is 0.314 e. The molecule has 1 aliphatic carbocycles. The predicted octanol–water partition coefficient (Wildman–Crippen LogP) is 3.39. The van der Waals surface area contributed by atoms with Gasteiger partial charge in [-0.2, -0.15) is 0 Å². The highest BCUT2D eigenvalue weighted by Crippen LogP contribution is 2.26. The van der Waals surface area contributed by atoms with Crippen LogP contribution in [0, 0.1) is 17.6 Å². The van der Waals surface area contributed by atoms with Crippen molar-refractivity contribution in [3.63, 3.8) is 0 Å². The van der Waals surface area contributed by atoms with Crippen LogP contribution in [0.5, 0.6) is 0 Å². The Morgan fingerprint density at radius 3 is 2.57 bits per heavy atom. The molecule has 5 heteroatoms. The van der Waals surface area contributed by atoms with Gasteiger partial charge in [0.15, 0.2) is 0 Å². The number of amides is 2. The molecule has 0 aliphatic heterocycles. The third kappa shape index (κ3) is 5.33. The van der Waals surface area contributed by atoms with E-state index in [4.69, 9.17) is 0 Å². The summed E-state index contributed by atoms with van der Waals surface area (Å²) in [6, 6.07) is 3.26. The molecule has 0 bridgehead atoms. The van der Waals surface area contributed by atoms with Crippen molar-refractivity contribution in [2.75, 3.05) is 13.1 Å². The second-order valence-corrected chi connectivity index (χ2v) is 5.61. The zero-order valence-electron chi connectivity index (χ0n) is 12.1. The van der Waals surface area contributed by atoms with Crippen molar-refractivity contribution in [1.82, 2.24) is 10.6 Å². The molecule has 1 fully saturated rings. The summed E-state index contributed by atoms with van der Waals surface area (Å²) in [5.74, 6) is -0.411. The van der Waals surface area contributed by atoms with Crippen LogP contribution in [0.2, 0.25) is 0 Å². The summed E-state index contributed by atoms with van der Waals surface area (Å²) in [6.07, 6.45) is 6.53. The van der Waals surface area contributed by atoms with E-state index in [0.717, 1.165) is 18.4 Å². The average Bonchev–Trinajstić information content (AvgIpc) is 2.94. The summed E-state index contributed by atoms with van der Waals surface area (Å²) in [5, 5.41) is 5.50. The van der Waals surface area contributed by atoms with E-state index in [1.54, 1.807) is 0 Å². The first-order valence-corrected chi connectivity index (χ1v) is 7.61. The summed E-state index contributed by atoms with van der Waals surface area (Å²) < 4.78 is 26.1. The second-order valence-electron chi connectivity index (χ2n) is 5.61. The van der Waals surface area contributed by atoms with E-state index in [-0.39, 0.29) is 6.03 Å². The molecule has 0 radical (unpaired) electrons. The van der Waals surface area contributed by atoms with Gasteiger partial charge in [0.2, 0.25) is 0 Å². The van der Waals surface area contributed by atoms with Crippen LogP contribution in [0.1, 0.15) is 37.7 Å². The average molecular weight is 296 g/mol. The minimum Gasteiger partial charge on any atom is -0.338 e. The first-order chi connectivity index (χ1) is 10.1. The van der Waals surface area contributed by atoms with Crippen LogP contribution in [-0.4, -0.2) is 19.1 Å². The van der Waals surface area contributed by atoms with Crippen LogP contribution in [0.3, 0.4) is 0 Å². The quantitative estimate of drug-likeness (QED) is 0.830. The van der Waals surface area contributed by atoms with Crippen LogP contribution < -0.4 is 10.6 Å². The topological polar surface area (TPSA) is 41.1 Å². The van der Waals surface area contributed by atoms with Gasteiger partial charge in [-0.15, -0.1) is 0 Å². The van der Waals surface area contributed by atoms with Crippen molar-refractivity contribution in [3.05, 3.63) is 35.4 Å². The lowest BCUT2D eigenvalue weighted by molar-refractivity contribution is 0.240. The summed E-state index contributed by atoms with van der Waals surface area (Å²) in [6.45, 7) is 1.01. The van der Waals surface area contributed by atoms with E-state index in [0.29, 0.717) is 25.1 Å². The number of hydrogen-bond donors (Lipinski definition) is 2. The van der Waals surface area contributed by atoms with Gasteiger partial charge in [0, 0.05) is 19.2 Å². The molecule has 2 N–H and O–H groups in total. The fraction of sp³-hybridized carbons (Fsp3) is 0.562. The highest BCUT2D eigenvalue weighted by Gasteiger charge is 2.14. The van der Waals surface area contributed by atoms with Gasteiger partial charge in [0.25, 0.3) is 0 Å². The number of halogens is 2. The molecule has 3 nitrogen and oxygen atoms in total. The van der Waals surface area contributed by atoms with Crippen molar-refractivity contribution < 1.29 is 13.6 Å². The van der Waals surface area contributed by atoms with E-state index in [1.807, 2.05) is 0 Å². The molecular weight excluding hydrogens is 274 g/mol. The van der Waals surface area contributed by atoms with Crippen LogP contribution in [0.25, 0.3) is 0 Å². The monoisotopic (exact) mass is 296 g/mol. The Balaban J connectivity index is 1.60. The predicted molar refractivity (Wildman–Crippen MR) is 78.0 cm³/mol. The Morgan fingerprint density at radius 1 is 1.14 bits per heavy atom. The van der Waals surface area contributed by atoms with Crippen LogP contribution in [-0.2, 0) is 6.42 Å². The molecular formula is C16H22F2N2O. The lowest BCUT2D eigenvalue weighted by Crippen LogP contribution is -2.37. The zero-order valence-corrected chi connectivity index (χ0v) is 12.1. The van der Waals surface area contributed by atoms with Gasteiger partial charge < -0.3 is 10.6 Å². The molecule has 0 atom stereocenters. The van der Waals surface area contributed by atoms with Crippen molar-refractivity contribution in [2.24, 2.45) is 5.92 Å². The summed E-state index contributed by atoms with van der Waals surface area (Å²) in [4.78, 5) is 11.6. The molecule has 2 amide bonds. The van der Waals surface area contributed by atoms with Crippen LogP contribution in [0.15, 0.2) is 18.2 Å². The molecule has 116 valence electrons. The van der Waals surface area contributed by atoms with E-state index in [2.05, 4.69) is 10.6 Å². The summed E-state index contributed by atoms with van der Waals surface area (Å²) >= 11 is 0. The molecule has 1 aromatic carbocycles. The molecule has 0 aromatic heterocycles. The molecule has 0 spiro atoms. The molecule has 21 heavy (non-hydrogen) atoms. The molecule has 1 saturated carbocycles. The molecule has 0 heterocycles. The second kappa shape index (κ2) is 7.96. The summed E-state index contributed by atoms with van der Waals surface area (Å²) in [5.41, 5.74) is 0.405. The van der Waals surface area contributed by atoms with E-state index < -0.39 is 11.6 Å². The zero-order chi connectivity index (χ0) is 15.1. The number of hydrogen-bond acceptors (Lipinski definition) is 1. The molecule has 0 unspecified atom stereocenters. The van der Waals surface area contributed by atoms with Gasteiger partial charge in [0.05, 0.1) is 0 Å². The van der Waals surface area contributed by atoms with E-state index in [1.165, 1.54) is 37.8 Å². The minimum absolute atomic E-state index is 0.226. The number of nitrogens with one attached hydrogen (secondary N) is 2. The van der Waals surface area contributed by atoms with Gasteiger partial charge in [-0.3, -0.25) is 0 Å². The Bertz CT molecular complexity index is 473. The lowest BCUT2D eigenvalue weighted by atomic mass is 10.0. The number of benzene rings is 1. The SMILES string of the molecule is O=C(NCCc1ccc(F)cc1F)NCCC1CCCC1. The van der Waals surface area contributed by atoms with Gasteiger partial charge >= 0.3 is 6.03 Å². The molecule has 2 rings (SSSR count). The number of carbonyl (C=O) groups is 1. The molecule has 1 aromatic rings. The van der Waals surface area contributed by atoms with E-state index >= 15 is 0 Å². The first-order valence-electron chi connectivity index (χ1n) is 7.61. The Labute approximate surface area is 124 Å². The van der Waals surface area contributed by atoms with Crippen molar-refractivity contribution in [3.8, 4) is 0 Å². The fourth-order valence-electron chi connectivity index (χ4n) is 2.79. The largest absolute Gasteiger partial charge is 0.338 e. The fourth-order valence-corrected chi connectivity index (χ4v) is 2.79. The maximum absolute atomic E-state index is 13.4.